The summed E-state index contributed by atoms with van der Waals surface area (Å²) in [6, 6.07) is 6.93. The van der Waals surface area contributed by atoms with Gasteiger partial charge in [-0.2, -0.15) is 0 Å². The summed E-state index contributed by atoms with van der Waals surface area (Å²) in [4.78, 5) is 2.64. The van der Waals surface area contributed by atoms with E-state index in [1.165, 1.54) is 124 Å². The smallest absolute Gasteiger partial charge is 0.0205 e. The van der Waals surface area contributed by atoms with E-state index in [-0.39, 0.29) is 0 Å². The molecular weight excluding hydrogens is 595 g/mol. The molecule has 0 saturated carbocycles. The number of rotatable bonds is 20. The van der Waals surface area contributed by atoms with Crippen molar-refractivity contribution in [2.45, 2.75) is 152 Å². The Kier molecular flexibility index (Phi) is 33.5. The molecule has 1 saturated heterocycles. The summed E-state index contributed by atoms with van der Waals surface area (Å²) in [6.07, 6.45) is 27.5. The number of hydrogen-bond acceptors (Lipinski definition) is 3. The summed E-state index contributed by atoms with van der Waals surface area (Å²) in [5, 5.41) is 3.59. The second-order valence-corrected chi connectivity index (χ2v) is 13.4. The fourth-order valence-electron chi connectivity index (χ4n) is 5.61. The largest absolute Gasteiger partial charge is 0.403 e. The van der Waals surface area contributed by atoms with Crippen LogP contribution in [0.3, 0.4) is 0 Å². The fourth-order valence-corrected chi connectivity index (χ4v) is 5.61. The molecule has 3 nitrogen and oxygen atoms in total. The number of benzene rings is 1. The molecule has 0 aromatic heterocycles. The van der Waals surface area contributed by atoms with Crippen molar-refractivity contribution in [1.82, 2.24) is 10.2 Å². The standard InChI is InChI=1S/C26H39N.C15H29N.C3H7N.C2H6/c1-7-10-11-12-25-16-14-24(19-23(25)6)20-27-18-17-26(22(5)9-3)15-13-21(4)8-2;1-3-5-7-8-12-16-13-10-15(11-14-16)9-6-4-2;1-3(2)4;1-2/h8,13-16,19,27H,2,5,7,9-12,17-18,20H2,1,3-4,6H3;5,7,15H,3-4,6,8-14H2,1-2H3;1,4H2,2H3;1-2H3/b21-13+,26-15-;7-5-;;. The Balaban J connectivity index is 0. The van der Waals surface area contributed by atoms with E-state index in [1.54, 1.807) is 6.92 Å². The lowest BCUT2D eigenvalue weighted by molar-refractivity contribution is 0.180. The normalized spacial score (nSPS) is 13.8. The molecular formula is C46H81N3. The second kappa shape index (κ2) is 33.9. The minimum atomic E-state index is 0.667. The molecule has 0 spiro atoms. The first kappa shape index (κ1) is 48.5. The van der Waals surface area contributed by atoms with Crippen LogP contribution in [0.5, 0.6) is 0 Å². The molecule has 1 aromatic carbocycles. The molecule has 0 amide bonds. The van der Waals surface area contributed by atoms with Crippen LogP contribution < -0.4 is 11.1 Å². The molecule has 0 aliphatic carbocycles. The van der Waals surface area contributed by atoms with Crippen molar-refractivity contribution in [3.63, 3.8) is 0 Å². The third kappa shape index (κ3) is 27.8. The van der Waals surface area contributed by atoms with Crippen LogP contribution in [0.25, 0.3) is 0 Å². The highest BCUT2D eigenvalue weighted by Crippen LogP contribution is 2.22. The first-order valence-electron chi connectivity index (χ1n) is 19.9. The zero-order valence-corrected chi connectivity index (χ0v) is 34.1. The maximum Gasteiger partial charge on any atom is 0.0205 e. The molecule has 49 heavy (non-hydrogen) atoms. The molecule has 280 valence electrons. The molecule has 1 heterocycles. The molecule has 1 aromatic rings. The minimum Gasteiger partial charge on any atom is -0.403 e. The van der Waals surface area contributed by atoms with Gasteiger partial charge in [0.25, 0.3) is 0 Å². The summed E-state index contributed by atoms with van der Waals surface area (Å²) in [5.74, 6) is 1.03. The van der Waals surface area contributed by atoms with Crippen molar-refractivity contribution in [1.29, 1.82) is 0 Å². The summed E-state index contributed by atoms with van der Waals surface area (Å²) in [5.41, 5.74) is 13.6. The van der Waals surface area contributed by atoms with Gasteiger partial charge in [0.05, 0.1) is 0 Å². The van der Waals surface area contributed by atoms with E-state index in [0.717, 1.165) is 31.8 Å². The van der Waals surface area contributed by atoms with Crippen molar-refractivity contribution in [3.8, 4) is 0 Å². The van der Waals surface area contributed by atoms with E-state index in [0.29, 0.717) is 5.70 Å². The number of likely N-dealkylation sites (tertiary alicyclic amines) is 1. The number of piperidine rings is 1. The molecule has 0 radical (unpaired) electrons. The van der Waals surface area contributed by atoms with Crippen LogP contribution in [0.4, 0.5) is 0 Å². The number of allylic oxidation sites excluding steroid dienone is 7. The fraction of sp³-hybridized carbons (Fsp3) is 0.609. The van der Waals surface area contributed by atoms with Crippen molar-refractivity contribution in [2.75, 3.05) is 26.2 Å². The van der Waals surface area contributed by atoms with Gasteiger partial charge in [0.2, 0.25) is 0 Å². The zero-order chi connectivity index (χ0) is 37.3. The van der Waals surface area contributed by atoms with E-state index in [1.807, 2.05) is 19.9 Å². The lowest BCUT2D eigenvalue weighted by Crippen LogP contribution is -2.34. The Morgan fingerprint density at radius 2 is 1.61 bits per heavy atom. The monoisotopic (exact) mass is 676 g/mol. The lowest BCUT2D eigenvalue weighted by Gasteiger charge is -2.31. The molecule has 1 fully saturated rings. The van der Waals surface area contributed by atoms with Crippen LogP contribution in [0.2, 0.25) is 0 Å². The van der Waals surface area contributed by atoms with Gasteiger partial charge in [-0.05, 0) is 126 Å². The molecule has 2 rings (SSSR count). The number of unbranched alkanes of at least 4 members (excludes halogenated alkanes) is 3. The van der Waals surface area contributed by atoms with Crippen LogP contribution >= 0.6 is 0 Å². The van der Waals surface area contributed by atoms with Gasteiger partial charge < -0.3 is 16.0 Å². The Hall–Kier alpha value is -2.62. The number of hydrogen-bond donors (Lipinski definition) is 2. The second-order valence-electron chi connectivity index (χ2n) is 13.4. The molecule has 1 aliphatic heterocycles. The molecule has 1 aliphatic rings. The van der Waals surface area contributed by atoms with Crippen LogP contribution in [0.1, 0.15) is 149 Å². The van der Waals surface area contributed by atoms with Gasteiger partial charge in [-0.25, -0.2) is 0 Å². The van der Waals surface area contributed by atoms with Crippen molar-refractivity contribution in [3.05, 3.63) is 107 Å². The Labute approximate surface area is 307 Å². The highest BCUT2D eigenvalue weighted by Gasteiger charge is 2.17. The van der Waals surface area contributed by atoms with Crippen molar-refractivity contribution < 1.29 is 0 Å². The third-order valence-electron chi connectivity index (χ3n) is 8.79. The minimum absolute atomic E-state index is 0.667. The summed E-state index contributed by atoms with van der Waals surface area (Å²) < 4.78 is 0. The van der Waals surface area contributed by atoms with Gasteiger partial charge in [0.15, 0.2) is 0 Å². The summed E-state index contributed by atoms with van der Waals surface area (Å²) in [6.45, 7) is 36.2. The Bertz CT molecular complexity index is 1060. The zero-order valence-electron chi connectivity index (χ0n) is 34.1. The van der Waals surface area contributed by atoms with Gasteiger partial charge in [0.1, 0.15) is 0 Å². The number of nitrogens with two attached hydrogens (primary N) is 1. The predicted octanol–water partition coefficient (Wildman–Crippen LogP) is 13.0. The molecule has 0 atom stereocenters. The molecule has 0 bridgehead atoms. The van der Waals surface area contributed by atoms with E-state index >= 15 is 0 Å². The number of nitrogens with one attached hydrogen (secondary N) is 1. The van der Waals surface area contributed by atoms with Gasteiger partial charge in [0, 0.05) is 13.1 Å². The van der Waals surface area contributed by atoms with Gasteiger partial charge >= 0.3 is 0 Å². The van der Waals surface area contributed by atoms with Crippen molar-refractivity contribution in [2.24, 2.45) is 11.7 Å². The average molecular weight is 676 g/mol. The summed E-state index contributed by atoms with van der Waals surface area (Å²) >= 11 is 0. The van der Waals surface area contributed by atoms with Gasteiger partial charge in [-0.1, -0.05) is 153 Å². The van der Waals surface area contributed by atoms with E-state index in [9.17, 15) is 0 Å². The Morgan fingerprint density at radius 1 is 0.959 bits per heavy atom. The van der Waals surface area contributed by atoms with Crippen LogP contribution in [0, 0.1) is 12.8 Å². The SMILES string of the molecule is C=C(C)N.C=C/C(C)=C/C=C(/CCNCc1ccc(CCCCC)c(C)c1)C(=C)CC.CC.CC/C=C\CCN1CCC(CCCC)CC1. The van der Waals surface area contributed by atoms with Crippen LogP contribution in [-0.2, 0) is 13.0 Å². The maximum absolute atomic E-state index is 4.92. The topological polar surface area (TPSA) is 41.3 Å². The number of aryl methyl sites for hydroxylation is 2. The van der Waals surface area contributed by atoms with Crippen LogP contribution in [0.15, 0.2) is 90.7 Å². The van der Waals surface area contributed by atoms with Gasteiger partial charge in [-0.3, -0.25) is 0 Å². The highest BCUT2D eigenvalue weighted by molar-refractivity contribution is 5.34. The van der Waals surface area contributed by atoms with E-state index in [2.05, 4.69) is 114 Å². The van der Waals surface area contributed by atoms with E-state index in [4.69, 9.17) is 5.73 Å². The Morgan fingerprint density at radius 3 is 2.16 bits per heavy atom. The van der Waals surface area contributed by atoms with Crippen molar-refractivity contribution >= 4 is 0 Å². The van der Waals surface area contributed by atoms with Gasteiger partial charge in [-0.15, -0.1) is 0 Å². The number of nitrogens with zero attached hydrogens (tertiary/aromatic N) is 1. The van der Waals surface area contributed by atoms with E-state index < -0.39 is 0 Å². The third-order valence-corrected chi connectivity index (χ3v) is 8.79. The summed E-state index contributed by atoms with van der Waals surface area (Å²) in [7, 11) is 0. The lowest BCUT2D eigenvalue weighted by atomic mass is 9.91. The molecule has 0 unspecified atom stereocenters. The first-order valence-corrected chi connectivity index (χ1v) is 19.9. The molecule has 3 N–H and O–H groups in total. The molecule has 3 heteroatoms. The quantitative estimate of drug-likeness (QED) is 0.0821. The van der Waals surface area contributed by atoms with Crippen LogP contribution in [-0.4, -0.2) is 31.1 Å². The maximum atomic E-state index is 4.92. The predicted molar refractivity (Wildman–Crippen MR) is 225 cm³/mol. The highest BCUT2D eigenvalue weighted by atomic mass is 15.1. The first-order chi connectivity index (χ1) is 23.6. The average Bonchev–Trinajstić information content (AvgIpc) is 3.10.